The average Bonchev–Trinajstić information content (AvgIpc) is 2.81. The predicted octanol–water partition coefficient (Wildman–Crippen LogP) is 3.88. The van der Waals surface area contributed by atoms with Gasteiger partial charge in [-0.05, 0) is 40.2 Å². The second kappa shape index (κ2) is 5.19. The van der Waals surface area contributed by atoms with Crippen LogP contribution in [0.3, 0.4) is 0 Å². The fourth-order valence-electron chi connectivity index (χ4n) is 1.81. The molecule has 3 rings (SSSR count). The Bertz CT molecular complexity index is 721. The summed E-state index contributed by atoms with van der Waals surface area (Å²) in [5.41, 5.74) is 1.40. The average molecular weight is 333 g/mol. The van der Waals surface area contributed by atoms with E-state index in [0.717, 1.165) is 19.7 Å². The van der Waals surface area contributed by atoms with Crippen molar-refractivity contribution in [3.05, 3.63) is 57.8 Å². The van der Waals surface area contributed by atoms with Crippen LogP contribution in [0.15, 0.2) is 47.1 Å². The van der Waals surface area contributed by atoms with Gasteiger partial charge in [0.1, 0.15) is 10.7 Å². The van der Waals surface area contributed by atoms with Crippen LogP contribution in [-0.4, -0.2) is 15.8 Å². The van der Waals surface area contributed by atoms with Gasteiger partial charge < -0.3 is 0 Å². The van der Waals surface area contributed by atoms with Gasteiger partial charge in [-0.25, -0.2) is 4.98 Å². The molecule has 1 aromatic carbocycles. The van der Waals surface area contributed by atoms with Crippen LogP contribution < -0.4 is 0 Å². The summed E-state index contributed by atoms with van der Waals surface area (Å²) in [5, 5.41) is 0.823. The first kappa shape index (κ1) is 12.4. The zero-order valence-electron chi connectivity index (χ0n) is 9.84. The summed E-state index contributed by atoms with van der Waals surface area (Å²) in [6, 6.07) is 11.5. The third-order valence-corrected chi connectivity index (χ3v) is 4.35. The molecule has 0 radical (unpaired) electrons. The van der Waals surface area contributed by atoms with Crippen molar-refractivity contribution in [3.8, 4) is 0 Å². The van der Waals surface area contributed by atoms with E-state index in [2.05, 4.69) is 25.9 Å². The Balaban J connectivity index is 1.89. The van der Waals surface area contributed by atoms with Crippen LogP contribution in [0.1, 0.15) is 15.5 Å². The van der Waals surface area contributed by atoms with Gasteiger partial charge in [0.25, 0.3) is 0 Å². The molecule has 0 bridgehead atoms. The van der Waals surface area contributed by atoms with Crippen LogP contribution in [0.2, 0.25) is 0 Å². The monoisotopic (exact) mass is 332 g/mol. The summed E-state index contributed by atoms with van der Waals surface area (Å²) in [7, 11) is 0. The number of nitrogens with zero attached hydrogens (tertiary/aromatic N) is 2. The molecule has 19 heavy (non-hydrogen) atoms. The topological polar surface area (TPSA) is 42.9 Å². The molecule has 0 unspecified atom stereocenters. The minimum atomic E-state index is -0.0217. The van der Waals surface area contributed by atoms with Gasteiger partial charge in [0, 0.05) is 10.7 Å². The standard InChI is InChI=1S/C14H9BrN2OS/c15-9-4-3-7-16-14(9)11(18)8-13-17-10-5-1-2-6-12(10)19-13/h1-7H,8H2. The van der Waals surface area contributed by atoms with Crippen molar-refractivity contribution in [1.82, 2.24) is 9.97 Å². The van der Waals surface area contributed by atoms with Crippen LogP contribution in [0.5, 0.6) is 0 Å². The fourth-order valence-corrected chi connectivity index (χ4v) is 3.25. The molecule has 94 valence electrons. The Morgan fingerprint density at radius 2 is 2.05 bits per heavy atom. The number of hydrogen-bond acceptors (Lipinski definition) is 4. The smallest absolute Gasteiger partial charge is 0.189 e. The van der Waals surface area contributed by atoms with Crippen molar-refractivity contribution in [1.29, 1.82) is 0 Å². The Labute approximate surface area is 122 Å². The summed E-state index contributed by atoms with van der Waals surface area (Å²) in [4.78, 5) is 20.8. The number of carbonyl (C=O) groups excluding carboxylic acids is 1. The van der Waals surface area contributed by atoms with E-state index >= 15 is 0 Å². The van der Waals surface area contributed by atoms with E-state index in [1.807, 2.05) is 30.3 Å². The van der Waals surface area contributed by atoms with E-state index < -0.39 is 0 Å². The molecule has 0 saturated carbocycles. The third kappa shape index (κ3) is 2.57. The molecule has 2 aromatic heterocycles. The minimum Gasteiger partial charge on any atom is -0.292 e. The fraction of sp³-hybridized carbons (Fsp3) is 0.0714. The van der Waals surface area contributed by atoms with Gasteiger partial charge in [0.2, 0.25) is 0 Å². The molecule has 0 fully saturated rings. The number of benzene rings is 1. The number of hydrogen-bond donors (Lipinski definition) is 0. The molecule has 0 aliphatic carbocycles. The number of halogens is 1. The molecule has 0 atom stereocenters. The van der Waals surface area contributed by atoms with Gasteiger partial charge in [0.05, 0.1) is 16.6 Å². The lowest BCUT2D eigenvalue weighted by Gasteiger charge is -1.99. The van der Waals surface area contributed by atoms with Crippen LogP contribution >= 0.6 is 27.3 Å². The summed E-state index contributed by atoms with van der Waals surface area (Å²) in [6.07, 6.45) is 1.91. The number of pyridine rings is 1. The summed E-state index contributed by atoms with van der Waals surface area (Å²) >= 11 is 4.90. The van der Waals surface area contributed by atoms with E-state index in [0.29, 0.717) is 5.69 Å². The van der Waals surface area contributed by atoms with Gasteiger partial charge in [-0.1, -0.05) is 12.1 Å². The first-order valence-corrected chi connectivity index (χ1v) is 7.33. The zero-order valence-corrected chi connectivity index (χ0v) is 12.2. The van der Waals surface area contributed by atoms with Crippen LogP contribution in [0.25, 0.3) is 10.2 Å². The highest BCUT2D eigenvalue weighted by Gasteiger charge is 2.14. The van der Waals surface area contributed by atoms with Gasteiger partial charge >= 0.3 is 0 Å². The lowest BCUT2D eigenvalue weighted by Crippen LogP contribution is -2.06. The van der Waals surface area contributed by atoms with Crippen LogP contribution in [-0.2, 0) is 6.42 Å². The van der Waals surface area contributed by atoms with Gasteiger partial charge in [-0.3, -0.25) is 9.78 Å². The summed E-state index contributed by atoms with van der Waals surface area (Å²) < 4.78 is 1.83. The molecule has 0 spiro atoms. The number of ketones is 1. The molecule has 0 aliphatic rings. The second-order valence-electron chi connectivity index (χ2n) is 4.01. The van der Waals surface area contributed by atoms with Crippen molar-refractivity contribution >= 4 is 43.3 Å². The number of aromatic nitrogens is 2. The Morgan fingerprint density at radius 1 is 1.21 bits per heavy atom. The van der Waals surface area contributed by atoms with Gasteiger partial charge in [-0.2, -0.15) is 0 Å². The molecular formula is C14H9BrN2OS. The molecule has 5 heteroatoms. The highest BCUT2D eigenvalue weighted by atomic mass is 79.9. The summed E-state index contributed by atoms with van der Waals surface area (Å²) in [5.74, 6) is -0.0217. The highest BCUT2D eigenvalue weighted by molar-refractivity contribution is 9.10. The first-order valence-electron chi connectivity index (χ1n) is 5.72. The van der Waals surface area contributed by atoms with E-state index in [-0.39, 0.29) is 12.2 Å². The first-order chi connectivity index (χ1) is 9.24. The number of Topliss-reactive ketones (excluding diaryl/α,β-unsaturated/α-hetero) is 1. The number of para-hydroxylation sites is 1. The maximum absolute atomic E-state index is 12.2. The van der Waals surface area contributed by atoms with Crippen LogP contribution in [0, 0.1) is 0 Å². The third-order valence-electron chi connectivity index (χ3n) is 2.67. The number of rotatable bonds is 3. The van der Waals surface area contributed by atoms with E-state index in [9.17, 15) is 4.79 Å². The lowest BCUT2D eigenvalue weighted by atomic mass is 10.2. The predicted molar refractivity (Wildman–Crippen MR) is 79.6 cm³/mol. The Morgan fingerprint density at radius 3 is 2.84 bits per heavy atom. The van der Waals surface area contributed by atoms with Crippen molar-refractivity contribution < 1.29 is 4.79 Å². The SMILES string of the molecule is O=C(Cc1nc2ccccc2s1)c1ncccc1Br. The zero-order chi connectivity index (χ0) is 13.2. The molecule has 3 aromatic rings. The molecule has 0 amide bonds. The van der Waals surface area contributed by atoms with Crippen molar-refractivity contribution in [2.24, 2.45) is 0 Å². The van der Waals surface area contributed by atoms with Crippen molar-refractivity contribution in [2.45, 2.75) is 6.42 Å². The Hall–Kier alpha value is -1.59. The van der Waals surface area contributed by atoms with E-state index in [4.69, 9.17) is 0 Å². The molecule has 0 saturated heterocycles. The second-order valence-corrected chi connectivity index (χ2v) is 5.98. The molecule has 0 N–H and O–H groups in total. The number of carbonyl (C=O) groups is 1. The molecule has 0 aliphatic heterocycles. The lowest BCUT2D eigenvalue weighted by molar-refractivity contribution is 0.0987. The molecule has 2 heterocycles. The maximum Gasteiger partial charge on any atom is 0.189 e. The van der Waals surface area contributed by atoms with E-state index in [1.165, 1.54) is 0 Å². The van der Waals surface area contributed by atoms with E-state index in [1.54, 1.807) is 23.6 Å². The van der Waals surface area contributed by atoms with Gasteiger partial charge in [0.15, 0.2) is 5.78 Å². The van der Waals surface area contributed by atoms with Gasteiger partial charge in [-0.15, -0.1) is 11.3 Å². The van der Waals surface area contributed by atoms with Crippen molar-refractivity contribution in [2.75, 3.05) is 0 Å². The Kier molecular flexibility index (Phi) is 3.40. The summed E-state index contributed by atoms with van der Waals surface area (Å²) in [6.45, 7) is 0. The van der Waals surface area contributed by atoms with Crippen LogP contribution in [0.4, 0.5) is 0 Å². The number of thiazole rings is 1. The maximum atomic E-state index is 12.2. The molecule has 3 nitrogen and oxygen atoms in total. The minimum absolute atomic E-state index is 0.0217. The highest BCUT2D eigenvalue weighted by Crippen LogP contribution is 2.23. The normalized spacial score (nSPS) is 10.8. The quantitative estimate of drug-likeness (QED) is 0.683. The number of fused-ring (bicyclic) bond motifs is 1. The molecular weight excluding hydrogens is 324 g/mol. The van der Waals surface area contributed by atoms with Crippen molar-refractivity contribution in [3.63, 3.8) is 0 Å². The largest absolute Gasteiger partial charge is 0.292 e.